The van der Waals surface area contributed by atoms with Crippen molar-refractivity contribution in [2.45, 2.75) is 6.18 Å². The molecule has 0 radical (unpaired) electrons. The lowest BCUT2D eigenvalue weighted by molar-refractivity contribution is -0.383. The Morgan fingerprint density at radius 2 is 2.00 bits per heavy atom. The molecule has 0 spiro atoms. The van der Waals surface area contributed by atoms with Crippen LogP contribution in [0.1, 0.15) is 16.2 Å². The fourth-order valence-corrected chi connectivity index (χ4v) is 2.22. The van der Waals surface area contributed by atoms with E-state index < -0.39 is 39.1 Å². The van der Waals surface area contributed by atoms with Crippen LogP contribution >= 0.6 is 11.6 Å². The lowest BCUT2D eigenvalue weighted by Gasteiger charge is -2.06. The number of nitro benzene ring substituents is 1. The van der Waals surface area contributed by atoms with E-state index in [1.807, 2.05) is 0 Å². The average Bonchev–Trinajstić information content (AvgIpc) is 2.74. The molecular formula is C12H8ClF3N4O3. The summed E-state index contributed by atoms with van der Waals surface area (Å²) in [5, 5.41) is 15.5. The van der Waals surface area contributed by atoms with Crippen molar-refractivity contribution >= 4 is 28.9 Å². The first-order valence-electron chi connectivity index (χ1n) is 5.97. The summed E-state index contributed by atoms with van der Waals surface area (Å²) in [4.78, 5) is 22.2. The lowest BCUT2D eigenvalue weighted by Crippen LogP contribution is -2.14. The van der Waals surface area contributed by atoms with E-state index in [1.54, 1.807) is 0 Å². The van der Waals surface area contributed by atoms with Crippen molar-refractivity contribution in [3.63, 3.8) is 0 Å². The predicted octanol–water partition coefficient (Wildman–Crippen LogP) is 3.25. The van der Waals surface area contributed by atoms with Gasteiger partial charge in [0.25, 0.3) is 11.6 Å². The van der Waals surface area contributed by atoms with Crippen LogP contribution in [-0.4, -0.2) is 20.6 Å². The Bertz CT molecular complexity index is 788. The highest BCUT2D eigenvalue weighted by molar-refractivity contribution is 6.34. The molecule has 0 fully saturated rings. The summed E-state index contributed by atoms with van der Waals surface area (Å²) in [5.41, 5.74) is -2.56. The Balaban J connectivity index is 2.39. The van der Waals surface area contributed by atoms with E-state index in [1.165, 1.54) is 18.2 Å². The van der Waals surface area contributed by atoms with Crippen molar-refractivity contribution in [1.82, 2.24) is 9.78 Å². The van der Waals surface area contributed by atoms with Crippen molar-refractivity contribution in [1.29, 1.82) is 0 Å². The lowest BCUT2D eigenvalue weighted by atomic mass is 10.2. The van der Waals surface area contributed by atoms with Crippen LogP contribution < -0.4 is 5.32 Å². The largest absolute Gasteiger partial charge is 0.434 e. The molecule has 0 aliphatic heterocycles. The van der Waals surface area contributed by atoms with Crippen molar-refractivity contribution in [3.8, 4) is 0 Å². The zero-order chi connectivity index (χ0) is 17.4. The Morgan fingerprint density at radius 1 is 1.39 bits per heavy atom. The van der Waals surface area contributed by atoms with Gasteiger partial charge in [-0.2, -0.15) is 18.3 Å². The molecule has 1 heterocycles. The average molecular weight is 349 g/mol. The van der Waals surface area contributed by atoms with Crippen LogP contribution in [0.15, 0.2) is 24.3 Å². The van der Waals surface area contributed by atoms with Crippen molar-refractivity contribution < 1.29 is 22.9 Å². The van der Waals surface area contributed by atoms with Gasteiger partial charge in [-0.15, -0.1) is 0 Å². The molecule has 11 heteroatoms. The second kappa shape index (κ2) is 5.88. The molecule has 1 N–H and O–H groups in total. The van der Waals surface area contributed by atoms with E-state index in [0.29, 0.717) is 4.68 Å². The first kappa shape index (κ1) is 16.7. The zero-order valence-electron chi connectivity index (χ0n) is 11.4. The number of carbonyl (C=O) groups excluding carboxylic acids is 1. The molecule has 0 saturated carbocycles. The maximum absolute atomic E-state index is 12.8. The quantitative estimate of drug-likeness (QED) is 0.681. The van der Waals surface area contributed by atoms with Crippen LogP contribution in [0, 0.1) is 10.1 Å². The van der Waals surface area contributed by atoms with Crippen LogP contribution in [0.25, 0.3) is 0 Å². The number of aryl methyl sites for hydroxylation is 1. The van der Waals surface area contributed by atoms with Crippen LogP contribution in [0.2, 0.25) is 5.02 Å². The molecule has 2 rings (SSSR count). The van der Waals surface area contributed by atoms with Gasteiger partial charge in [0, 0.05) is 13.1 Å². The number of benzene rings is 1. The fraction of sp³-hybridized carbons (Fsp3) is 0.167. The van der Waals surface area contributed by atoms with Gasteiger partial charge in [-0.05, 0) is 6.07 Å². The maximum atomic E-state index is 12.8. The van der Waals surface area contributed by atoms with Crippen LogP contribution in [-0.2, 0) is 13.2 Å². The van der Waals surface area contributed by atoms with Gasteiger partial charge in [0.15, 0.2) is 11.4 Å². The summed E-state index contributed by atoms with van der Waals surface area (Å²) in [6, 6.07) is 5.17. The van der Waals surface area contributed by atoms with Gasteiger partial charge < -0.3 is 5.32 Å². The molecule has 0 aliphatic rings. The van der Waals surface area contributed by atoms with Gasteiger partial charge >= 0.3 is 6.18 Å². The second-order valence-corrected chi connectivity index (χ2v) is 4.74. The highest BCUT2D eigenvalue weighted by atomic mass is 35.5. The summed E-state index contributed by atoms with van der Waals surface area (Å²) in [6.07, 6.45) is -4.80. The Hall–Kier alpha value is -2.62. The minimum atomic E-state index is -4.80. The minimum Gasteiger partial charge on any atom is -0.315 e. The molecule has 0 saturated heterocycles. The number of amides is 1. The SMILES string of the molecule is Cn1nc(C(=O)Nc2ccccc2[N+](=O)[O-])c(Cl)c1C(F)(F)F. The van der Waals surface area contributed by atoms with Crippen LogP contribution in [0.4, 0.5) is 24.5 Å². The first-order valence-corrected chi connectivity index (χ1v) is 6.35. The molecule has 0 bridgehead atoms. The molecule has 23 heavy (non-hydrogen) atoms. The number of anilines is 1. The maximum Gasteiger partial charge on any atom is 0.434 e. The number of halogens is 4. The molecule has 1 aromatic carbocycles. The van der Waals surface area contributed by atoms with Gasteiger partial charge in [0.05, 0.1) is 4.92 Å². The molecule has 7 nitrogen and oxygen atoms in total. The number of para-hydroxylation sites is 2. The second-order valence-electron chi connectivity index (χ2n) is 4.36. The molecular weight excluding hydrogens is 341 g/mol. The Kier molecular flexibility index (Phi) is 4.28. The third-order valence-corrected chi connectivity index (χ3v) is 3.18. The number of rotatable bonds is 3. The summed E-state index contributed by atoms with van der Waals surface area (Å²) in [6.45, 7) is 0. The van der Waals surface area contributed by atoms with Gasteiger partial charge in [0.1, 0.15) is 10.7 Å². The highest BCUT2D eigenvalue weighted by Crippen LogP contribution is 2.36. The number of nitrogens with one attached hydrogen (secondary N) is 1. The summed E-state index contributed by atoms with van der Waals surface area (Å²) >= 11 is 5.58. The van der Waals surface area contributed by atoms with E-state index in [-0.39, 0.29) is 5.69 Å². The standard InChI is InChI=1S/C12H8ClF3N4O3/c1-19-10(12(14,15)16)8(13)9(18-19)11(21)17-6-4-2-3-5-7(6)20(22)23/h2-5H,1H3,(H,17,21). The van der Waals surface area contributed by atoms with E-state index in [0.717, 1.165) is 13.1 Å². The van der Waals surface area contributed by atoms with Crippen LogP contribution in [0.5, 0.6) is 0 Å². The Labute approximate surface area is 131 Å². The molecule has 0 aliphatic carbocycles. The molecule has 1 aromatic heterocycles. The summed E-state index contributed by atoms with van der Waals surface area (Å²) < 4.78 is 38.9. The fourth-order valence-electron chi connectivity index (χ4n) is 1.87. The third kappa shape index (κ3) is 3.26. The number of aromatic nitrogens is 2. The number of nitro groups is 1. The van der Waals surface area contributed by atoms with Crippen LogP contribution in [0.3, 0.4) is 0 Å². The smallest absolute Gasteiger partial charge is 0.315 e. The molecule has 0 unspecified atom stereocenters. The topological polar surface area (TPSA) is 90.1 Å². The molecule has 0 atom stereocenters. The van der Waals surface area contributed by atoms with Crippen molar-refractivity contribution in [2.24, 2.45) is 7.05 Å². The summed E-state index contributed by atoms with van der Waals surface area (Å²) in [5.74, 6) is -1.09. The minimum absolute atomic E-state index is 0.183. The van der Waals surface area contributed by atoms with E-state index >= 15 is 0 Å². The van der Waals surface area contributed by atoms with Gasteiger partial charge in [0.2, 0.25) is 0 Å². The normalized spacial score (nSPS) is 11.3. The monoisotopic (exact) mass is 348 g/mol. The van der Waals surface area contributed by atoms with Gasteiger partial charge in [-0.3, -0.25) is 19.6 Å². The number of carbonyl (C=O) groups is 1. The van der Waals surface area contributed by atoms with Crippen molar-refractivity contribution in [2.75, 3.05) is 5.32 Å². The molecule has 1 amide bonds. The molecule has 122 valence electrons. The number of hydrogen-bond acceptors (Lipinski definition) is 4. The van der Waals surface area contributed by atoms with E-state index in [2.05, 4.69) is 10.4 Å². The molecule has 2 aromatic rings. The highest BCUT2D eigenvalue weighted by Gasteiger charge is 2.40. The van der Waals surface area contributed by atoms with E-state index in [9.17, 15) is 28.1 Å². The van der Waals surface area contributed by atoms with Gasteiger partial charge in [-0.25, -0.2) is 0 Å². The number of nitrogens with zero attached hydrogens (tertiary/aromatic N) is 3. The predicted molar refractivity (Wildman–Crippen MR) is 74.3 cm³/mol. The summed E-state index contributed by atoms with van der Waals surface area (Å²) in [7, 11) is 0.983. The number of alkyl halides is 3. The number of hydrogen-bond donors (Lipinski definition) is 1. The Morgan fingerprint density at radius 3 is 2.52 bits per heavy atom. The zero-order valence-corrected chi connectivity index (χ0v) is 12.1. The third-order valence-electron chi connectivity index (χ3n) is 2.82. The first-order chi connectivity index (χ1) is 10.6. The van der Waals surface area contributed by atoms with Crippen molar-refractivity contribution in [3.05, 3.63) is 50.8 Å². The van der Waals surface area contributed by atoms with E-state index in [4.69, 9.17) is 11.6 Å². The van der Waals surface area contributed by atoms with Gasteiger partial charge in [-0.1, -0.05) is 23.7 Å².